The number of hydrogen-bond donors (Lipinski definition) is 0. The molecule has 2 aromatic carbocycles. The van der Waals surface area contributed by atoms with E-state index in [0.717, 1.165) is 16.7 Å². The monoisotopic (exact) mass is 256 g/mol. The first-order valence-electron chi connectivity index (χ1n) is 6.49. The van der Waals surface area contributed by atoms with E-state index in [-0.39, 0.29) is 6.29 Å². The Morgan fingerprint density at radius 2 is 1.74 bits per heavy atom. The van der Waals surface area contributed by atoms with Crippen molar-refractivity contribution in [2.75, 3.05) is 7.11 Å². The first-order chi connectivity index (χ1) is 9.13. The summed E-state index contributed by atoms with van der Waals surface area (Å²) in [7, 11) is 1.67. The minimum Gasteiger partial charge on any atom is -0.465 e. The summed E-state index contributed by atoms with van der Waals surface area (Å²) in [6.07, 6.45) is 1.63. The number of fused-ring (bicyclic) bond motifs is 1. The van der Waals surface area contributed by atoms with Crippen LogP contribution in [0.15, 0.2) is 43.0 Å². The normalized spacial score (nSPS) is 12.6. The summed E-state index contributed by atoms with van der Waals surface area (Å²) in [5, 5.41) is 2.34. The Morgan fingerprint density at radius 1 is 1.05 bits per heavy atom. The van der Waals surface area contributed by atoms with Crippen LogP contribution in [0, 0.1) is 5.92 Å². The molecule has 0 aliphatic rings. The van der Waals surface area contributed by atoms with Crippen LogP contribution in [0.5, 0.6) is 5.75 Å². The van der Waals surface area contributed by atoms with Crippen LogP contribution < -0.4 is 4.74 Å². The maximum Gasteiger partial charge on any atom is 0.201 e. The van der Waals surface area contributed by atoms with Crippen LogP contribution in [0.25, 0.3) is 16.8 Å². The van der Waals surface area contributed by atoms with Gasteiger partial charge in [-0.15, -0.1) is 0 Å². The molecule has 0 saturated heterocycles. The van der Waals surface area contributed by atoms with Crippen molar-refractivity contribution in [2.24, 2.45) is 5.92 Å². The van der Waals surface area contributed by atoms with E-state index in [1.807, 2.05) is 18.2 Å². The number of hydrogen-bond acceptors (Lipinski definition) is 2. The first kappa shape index (κ1) is 13.6. The van der Waals surface area contributed by atoms with Crippen molar-refractivity contribution < 1.29 is 9.47 Å². The fourth-order valence-corrected chi connectivity index (χ4v) is 2.03. The Morgan fingerprint density at radius 3 is 2.37 bits per heavy atom. The molecule has 2 aromatic rings. The highest BCUT2D eigenvalue weighted by Crippen LogP contribution is 2.24. The molecule has 0 spiro atoms. The van der Waals surface area contributed by atoms with Crippen molar-refractivity contribution in [1.82, 2.24) is 0 Å². The van der Waals surface area contributed by atoms with Crippen LogP contribution >= 0.6 is 0 Å². The summed E-state index contributed by atoms with van der Waals surface area (Å²) in [5.74, 6) is 1.14. The molecule has 0 bridgehead atoms. The third-order valence-corrected chi connectivity index (χ3v) is 3.10. The standard InChI is InChI=1S/C17H20O2/c1-5-13-6-7-15-11-16(9-8-14(15)10-13)19-17(18-4)12(2)3/h5-12,17H,1H2,2-4H3. The average molecular weight is 256 g/mol. The quantitative estimate of drug-likeness (QED) is 0.734. The van der Waals surface area contributed by atoms with E-state index in [9.17, 15) is 0 Å². The van der Waals surface area contributed by atoms with Gasteiger partial charge in [-0.05, 0) is 34.5 Å². The van der Waals surface area contributed by atoms with Gasteiger partial charge in [0.05, 0.1) is 0 Å². The fraction of sp³-hybridized carbons (Fsp3) is 0.294. The number of ether oxygens (including phenoxy) is 2. The molecule has 19 heavy (non-hydrogen) atoms. The van der Waals surface area contributed by atoms with Crippen molar-refractivity contribution >= 4 is 16.8 Å². The van der Waals surface area contributed by atoms with Gasteiger partial charge in [0.2, 0.25) is 6.29 Å². The van der Waals surface area contributed by atoms with Crippen molar-refractivity contribution in [2.45, 2.75) is 20.1 Å². The molecule has 0 aliphatic heterocycles. The largest absolute Gasteiger partial charge is 0.465 e. The van der Waals surface area contributed by atoms with Gasteiger partial charge in [-0.2, -0.15) is 0 Å². The third kappa shape index (κ3) is 3.15. The second kappa shape index (κ2) is 5.89. The Labute approximate surface area is 114 Å². The summed E-state index contributed by atoms with van der Waals surface area (Å²) >= 11 is 0. The van der Waals surface area contributed by atoms with Crippen molar-refractivity contribution in [3.05, 3.63) is 48.5 Å². The summed E-state index contributed by atoms with van der Waals surface area (Å²) in [4.78, 5) is 0. The van der Waals surface area contributed by atoms with Crippen LogP contribution in [0.4, 0.5) is 0 Å². The van der Waals surface area contributed by atoms with Gasteiger partial charge in [-0.25, -0.2) is 0 Å². The van der Waals surface area contributed by atoms with E-state index in [1.165, 1.54) is 5.39 Å². The highest BCUT2D eigenvalue weighted by molar-refractivity contribution is 5.85. The minimum atomic E-state index is -0.218. The molecule has 0 aliphatic carbocycles. The van der Waals surface area contributed by atoms with E-state index < -0.39 is 0 Å². The molecule has 1 atom stereocenters. The molecule has 0 fully saturated rings. The third-order valence-electron chi connectivity index (χ3n) is 3.10. The second-order valence-corrected chi connectivity index (χ2v) is 4.94. The Kier molecular flexibility index (Phi) is 4.23. The molecule has 2 nitrogen and oxygen atoms in total. The Balaban J connectivity index is 2.29. The lowest BCUT2D eigenvalue weighted by Crippen LogP contribution is -2.24. The molecule has 0 radical (unpaired) electrons. The highest BCUT2D eigenvalue weighted by Gasteiger charge is 2.13. The number of benzene rings is 2. The maximum atomic E-state index is 5.85. The van der Waals surface area contributed by atoms with Crippen LogP contribution in [-0.4, -0.2) is 13.4 Å². The molecule has 0 aromatic heterocycles. The molecule has 0 heterocycles. The molecule has 2 rings (SSSR count). The SMILES string of the molecule is C=Cc1ccc2cc(OC(OC)C(C)C)ccc2c1. The zero-order valence-electron chi connectivity index (χ0n) is 11.7. The molecule has 1 unspecified atom stereocenters. The first-order valence-corrected chi connectivity index (χ1v) is 6.49. The number of methoxy groups -OCH3 is 1. The van der Waals surface area contributed by atoms with E-state index in [2.05, 4.69) is 44.7 Å². The van der Waals surface area contributed by atoms with E-state index in [4.69, 9.17) is 9.47 Å². The maximum absolute atomic E-state index is 5.85. The van der Waals surface area contributed by atoms with Gasteiger partial charge in [0, 0.05) is 13.0 Å². The van der Waals surface area contributed by atoms with E-state index in [1.54, 1.807) is 7.11 Å². The lowest BCUT2D eigenvalue weighted by molar-refractivity contribution is -0.0833. The van der Waals surface area contributed by atoms with Gasteiger partial charge in [0.1, 0.15) is 5.75 Å². The summed E-state index contributed by atoms with van der Waals surface area (Å²) in [6.45, 7) is 7.93. The van der Waals surface area contributed by atoms with Crippen molar-refractivity contribution in [3.63, 3.8) is 0 Å². The summed E-state index contributed by atoms with van der Waals surface area (Å²) in [6, 6.07) is 12.3. The summed E-state index contributed by atoms with van der Waals surface area (Å²) in [5.41, 5.74) is 1.12. The van der Waals surface area contributed by atoms with Gasteiger partial charge in [0.15, 0.2) is 0 Å². The summed E-state index contributed by atoms with van der Waals surface area (Å²) < 4.78 is 11.2. The molecule has 2 heteroatoms. The minimum absolute atomic E-state index is 0.218. The van der Waals surface area contributed by atoms with E-state index in [0.29, 0.717) is 5.92 Å². The predicted octanol–water partition coefficient (Wildman–Crippen LogP) is 4.49. The lowest BCUT2D eigenvalue weighted by atomic mass is 10.1. The average Bonchev–Trinajstić information content (AvgIpc) is 2.43. The molecule has 0 saturated carbocycles. The Bertz CT molecular complexity index is 572. The number of rotatable bonds is 5. The predicted molar refractivity (Wildman–Crippen MR) is 80.3 cm³/mol. The lowest BCUT2D eigenvalue weighted by Gasteiger charge is -2.21. The van der Waals surface area contributed by atoms with Gasteiger partial charge in [0.25, 0.3) is 0 Å². The fourth-order valence-electron chi connectivity index (χ4n) is 2.03. The van der Waals surface area contributed by atoms with Gasteiger partial charge in [-0.3, -0.25) is 0 Å². The Hall–Kier alpha value is -1.80. The van der Waals surface area contributed by atoms with Crippen LogP contribution in [0.2, 0.25) is 0 Å². The van der Waals surface area contributed by atoms with Crippen LogP contribution in [-0.2, 0) is 4.74 Å². The topological polar surface area (TPSA) is 18.5 Å². The van der Waals surface area contributed by atoms with Gasteiger partial charge < -0.3 is 9.47 Å². The van der Waals surface area contributed by atoms with Crippen LogP contribution in [0.1, 0.15) is 19.4 Å². The highest BCUT2D eigenvalue weighted by atomic mass is 16.7. The van der Waals surface area contributed by atoms with Gasteiger partial charge >= 0.3 is 0 Å². The van der Waals surface area contributed by atoms with Crippen molar-refractivity contribution in [1.29, 1.82) is 0 Å². The molecular weight excluding hydrogens is 236 g/mol. The van der Waals surface area contributed by atoms with E-state index >= 15 is 0 Å². The zero-order chi connectivity index (χ0) is 13.8. The second-order valence-electron chi connectivity index (χ2n) is 4.94. The molecular formula is C17H20O2. The molecule has 0 N–H and O–H groups in total. The molecule has 0 amide bonds. The van der Waals surface area contributed by atoms with Crippen molar-refractivity contribution in [3.8, 4) is 5.75 Å². The zero-order valence-corrected chi connectivity index (χ0v) is 11.7. The molecule has 100 valence electrons. The van der Waals surface area contributed by atoms with Crippen LogP contribution in [0.3, 0.4) is 0 Å². The van der Waals surface area contributed by atoms with Gasteiger partial charge in [-0.1, -0.05) is 44.7 Å². The smallest absolute Gasteiger partial charge is 0.201 e.